The maximum atomic E-state index is 4.78. The van der Waals surface area contributed by atoms with Crippen molar-refractivity contribution < 1.29 is 0 Å². The van der Waals surface area contributed by atoms with Crippen LogP contribution < -0.4 is 10.2 Å². The average Bonchev–Trinajstić information content (AvgIpc) is 2.97. The van der Waals surface area contributed by atoms with Gasteiger partial charge in [0.2, 0.25) is 5.65 Å². The molecule has 0 saturated carbocycles. The van der Waals surface area contributed by atoms with E-state index in [4.69, 9.17) is 4.98 Å². The summed E-state index contributed by atoms with van der Waals surface area (Å²) < 4.78 is 1.78. The number of aryl methyl sites for hydroxylation is 1. The number of tetrazole rings is 1. The van der Waals surface area contributed by atoms with Crippen molar-refractivity contribution in [2.75, 3.05) is 31.1 Å². The van der Waals surface area contributed by atoms with Crippen LogP contribution in [0.5, 0.6) is 0 Å². The van der Waals surface area contributed by atoms with E-state index in [2.05, 4.69) is 44.8 Å². The summed E-state index contributed by atoms with van der Waals surface area (Å²) in [7, 11) is 0. The quantitative estimate of drug-likeness (QED) is 0.689. The smallest absolute Gasteiger partial charge is 0.222 e. The van der Waals surface area contributed by atoms with E-state index in [0.29, 0.717) is 0 Å². The molecule has 7 nitrogen and oxygen atoms in total. The predicted octanol–water partition coefficient (Wildman–Crippen LogP) is 0.391. The maximum absolute atomic E-state index is 4.78. The molecular formula is C13H15N7. The van der Waals surface area contributed by atoms with Crippen molar-refractivity contribution >= 4 is 22.5 Å². The summed E-state index contributed by atoms with van der Waals surface area (Å²) in [5, 5.41) is 15.4. The first-order chi connectivity index (χ1) is 9.83. The number of hydrogen-bond donors (Lipinski definition) is 1. The van der Waals surface area contributed by atoms with Gasteiger partial charge in [0.15, 0.2) is 5.82 Å². The summed E-state index contributed by atoms with van der Waals surface area (Å²) in [5.41, 5.74) is 3.77. The van der Waals surface area contributed by atoms with E-state index in [0.717, 1.165) is 48.7 Å². The van der Waals surface area contributed by atoms with Crippen molar-refractivity contribution in [3.05, 3.63) is 23.8 Å². The van der Waals surface area contributed by atoms with Gasteiger partial charge < -0.3 is 10.2 Å². The number of aromatic nitrogens is 5. The predicted molar refractivity (Wildman–Crippen MR) is 75.9 cm³/mol. The zero-order chi connectivity index (χ0) is 13.5. The lowest BCUT2D eigenvalue weighted by Gasteiger charge is -2.28. The Balaban J connectivity index is 1.99. The molecule has 0 atom stereocenters. The summed E-state index contributed by atoms with van der Waals surface area (Å²) in [5.74, 6) is 0.868. The van der Waals surface area contributed by atoms with Crippen LogP contribution in [0.1, 0.15) is 5.56 Å². The van der Waals surface area contributed by atoms with E-state index in [1.807, 2.05) is 6.07 Å². The van der Waals surface area contributed by atoms with E-state index in [1.165, 1.54) is 5.56 Å². The lowest BCUT2D eigenvalue weighted by Crippen LogP contribution is -2.44. The van der Waals surface area contributed by atoms with Crippen LogP contribution in [-0.2, 0) is 0 Å². The van der Waals surface area contributed by atoms with Crippen molar-refractivity contribution in [2.45, 2.75) is 6.92 Å². The number of nitrogens with zero attached hydrogens (tertiary/aromatic N) is 6. The first kappa shape index (κ1) is 11.5. The van der Waals surface area contributed by atoms with Crippen LogP contribution in [0.2, 0.25) is 0 Å². The molecule has 7 heteroatoms. The van der Waals surface area contributed by atoms with Crippen molar-refractivity contribution in [1.29, 1.82) is 0 Å². The number of anilines is 1. The zero-order valence-corrected chi connectivity index (χ0v) is 11.2. The van der Waals surface area contributed by atoms with Gasteiger partial charge in [0.05, 0.1) is 11.0 Å². The summed E-state index contributed by atoms with van der Waals surface area (Å²) >= 11 is 0. The van der Waals surface area contributed by atoms with E-state index in [1.54, 1.807) is 4.52 Å². The number of fused-ring (bicyclic) bond motifs is 3. The van der Waals surface area contributed by atoms with Gasteiger partial charge in [-0.05, 0) is 35.0 Å². The molecule has 1 aliphatic rings. The summed E-state index contributed by atoms with van der Waals surface area (Å²) in [6.45, 7) is 5.82. The summed E-state index contributed by atoms with van der Waals surface area (Å²) in [4.78, 5) is 7.01. The Kier molecular flexibility index (Phi) is 2.53. The van der Waals surface area contributed by atoms with Crippen LogP contribution in [-0.4, -0.2) is 51.2 Å². The first-order valence-electron chi connectivity index (χ1n) is 6.77. The molecule has 102 valence electrons. The molecule has 1 N–H and O–H groups in total. The van der Waals surface area contributed by atoms with Gasteiger partial charge in [-0.2, -0.15) is 4.52 Å². The number of benzene rings is 1. The standard InChI is InChI=1S/C13H15N7/c1-9-2-3-10-11(8-9)20-13(16-17-18-20)12(15-10)19-6-4-14-5-7-19/h2-3,8,14H,4-7H2,1H3. The van der Waals surface area contributed by atoms with Crippen molar-refractivity contribution in [3.63, 3.8) is 0 Å². The molecule has 1 aromatic carbocycles. The van der Waals surface area contributed by atoms with E-state index in [9.17, 15) is 0 Å². The third kappa shape index (κ3) is 1.70. The van der Waals surface area contributed by atoms with Gasteiger partial charge in [-0.25, -0.2) is 4.98 Å². The molecular weight excluding hydrogens is 254 g/mol. The molecule has 20 heavy (non-hydrogen) atoms. The zero-order valence-electron chi connectivity index (χ0n) is 11.2. The second-order valence-electron chi connectivity index (χ2n) is 5.08. The lowest BCUT2D eigenvalue weighted by atomic mass is 10.2. The van der Waals surface area contributed by atoms with Crippen molar-refractivity contribution in [1.82, 2.24) is 30.3 Å². The Morgan fingerprint density at radius 1 is 1.20 bits per heavy atom. The minimum Gasteiger partial charge on any atom is -0.351 e. The van der Waals surface area contributed by atoms with Gasteiger partial charge >= 0.3 is 0 Å². The second-order valence-corrected chi connectivity index (χ2v) is 5.08. The fraction of sp³-hybridized carbons (Fsp3) is 0.385. The molecule has 2 aromatic heterocycles. The normalized spacial score (nSPS) is 16.1. The fourth-order valence-electron chi connectivity index (χ4n) is 2.64. The molecule has 0 spiro atoms. The fourth-order valence-corrected chi connectivity index (χ4v) is 2.64. The largest absolute Gasteiger partial charge is 0.351 e. The third-order valence-corrected chi connectivity index (χ3v) is 3.67. The molecule has 0 bridgehead atoms. The van der Waals surface area contributed by atoms with E-state index in [-0.39, 0.29) is 0 Å². The second kappa shape index (κ2) is 4.38. The van der Waals surface area contributed by atoms with Gasteiger partial charge in [-0.15, -0.1) is 5.10 Å². The molecule has 3 aromatic rings. The Morgan fingerprint density at radius 2 is 2.05 bits per heavy atom. The van der Waals surface area contributed by atoms with Crippen LogP contribution in [0.4, 0.5) is 5.82 Å². The Hall–Kier alpha value is -2.28. The summed E-state index contributed by atoms with van der Waals surface area (Å²) in [6, 6.07) is 6.15. The molecule has 0 amide bonds. The topological polar surface area (TPSA) is 71.2 Å². The minimum absolute atomic E-state index is 0.727. The Morgan fingerprint density at radius 3 is 2.90 bits per heavy atom. The molecule has 3 heterocycles. The molecule has 0 unspecified atom stereocenters. The van der Waals surface area contributed by atoms with Crippen LogP contribution in [0.3, 0.4) is 0 Å². The number of rotatable bonds is 1. The lowest BCUT2D eigenvalue weighted by molar-refractivity contribution is 0.586. The highest BCUT2D eigenvalue weighted by Crippen LogP contribution is 2.23. The highest BCUT2D eigenvalue weighted by atomic mass is 15.5. The Bertz CT molecular complexity index is 773. The highest BCUT2D eigenvalue weighted by Gasteiger charge is 2.19. The van der Waals surface area contributed by atoms with Crippen molar-refractivity contribution in [2.24, 2.45) is 0 Å². The van der Waals surface area contributed by atoms with Crippen LogP contribution >= 0.6 is 0 Å². The van der Waals surface area contributed by atoms with Crippen molar-refractivity contribution in [3.8, 4) is 0 Å². The number of piperazine rings is 1. The highest BCUT2D eigenvalue weighted by molar-refractivity contribution is 5.82. The molecule has 1 saturated heterocycles. The maximum Gasteiger partial charge on any atom is 0.222 e. The van der Waals surface area contributed by atoms with Gasteiger partial charge in [-0.3, -0.25) is 0 Å². The van der Waals surface area contributed by atoms with E-state index >= 15 is 0 Å². The Labute approximate surface area is 115 Å². The average molecular weight is 269 g/mol. The molecule has 1 aliphatic heterocycles. The van der Waals surface area contributed by atoms with Crippen LogP contribution in [0, 0.1) is 6.92 Å². The molecule has 0 radical (unpaired) electrons. The number of hydrogen-bond acceptors (Lipinski definition) is 6. The van der Waals surface area contributed by atoms with Crippen LogP contribution in [0.25, 0.3) is 16.7 Å². The first-order valence-corrected chi connectivity index (χ1v) is 6.77. The SMILES string of the molecule is Cc1ccc2nc(N3CCNCC3)c3nnnn3c2c1. The van der Waals surface area contributed by atoms with Crippen LogP contribution in [0.15, 0.2) is 18.2 Å². The molecule has 1 fully saturated rings. The minimum atomic E-state index is 0.727. The monoisotopic (exact) mass is 269 g/mol. The third-order valence-electron chi connectivity index (χ3n) is 3.67. The number of nitrogens with one attached hydrogen (secondary N) is 1. The summed E-state index contributed by atoms with van der Waals surface area (Å²) in [6.07, 6.45) is 0. The van der Waals surface area contributed by atoms with Gasteiger partial charge in [0.1, 0.15) is 0 Å². The van der Waals surface area contributed by atoms with Gasteiger partial charge in [0.25, 0.3) is 0 Å². The van der Waals surface area contributed by atoms with E-state index < -0.39 is 0 Å². The van der Waals surface area contributed by atoms with Gasteiger partial charge in [-0.1, -0.05) is 6.07 Å². The molecule has 0 aliphatic carbocycles. The van der Waals surface area contributed by atoms with Gasteiger partial charge in [0, 0.05) is 26.2 Å². The molecule has 4 rings (SSSR count).